The molecule has 0 aliphatic carbocycles. The van der Waals surface area contributed by atoms with Gasteiger partial charge in [0.2, 0.25) is 5.91 Å². The molecule has 3 aromatic rings. The molecule has 0 aliphatic heterocycles. The van der Waals surface area contributed by atoms with E-state index in [1.807, 2.05) is 25.1 Å². The molecule has 0 fully saturated rings. The lowest BCUT2D eigenvalue weighted by Crippen LogP contribution is -2.23. The number of hydrogen-bond acceptors (Lipinski definition) is 4. The van der Waals surface area contributed by atoms with Crippen molar-refractivity contribution in [1.29, 1.82) is 0 Å². The molecule has 0 atom stereocenters. The van der Waals surface area contributed by atoms with Gasteiger partial charge in [-0.25, -0.2) is 14.4 Å². The van der Waals surface area contributed by atoms with Crippen molar-refractivity contribution in [1.82, 2.24) is 14.9 Å². The van der Waals surface area contributed by atoms with E-state index in [-0.39, 0.29) is 11.7 Å². The minimum absolute atomic E-state index is 0.0206. The number of aryl methyl sites for hydroxylation is 1. The number of hydrogen-bond donors (Lipinski definition) is 0. The normalized spacial score (nSPS) is 10.9. The third-order valence-electron chi connectivity index (χ3n) is 3.75. The molecule has 0 radical (unpaired) electrons. The van der Waals surface area contributed by atoms with Gasteiger partial charge in [-0.15, -0.1) is 0 Å². The molecular formula is C19H18FN3OS. The molecule has 3 rings (SSSR count). The predicted molar refractivity (Wildman–Crippen MR) is 99.1 cm³/mol. The Kier molecular flexibility index (Phi) is 4.99. The van der Waals surface area contributed by atoms with Crippen LogP contribution < -0.4 is 0 Å². The molecule has 25 heavy (non-hydrogen) atoms. The monoisotopic (exact) mass is 355 g/mol. The highest BCUT2D eigenvalue weighted by Gasteiger charge is 2.13. The van der Waals surface area contributed by atoms with Gasteiger partial charge in [0.15, 0.2) is 5.82 Å². The number of carbonyl (C=O) groups is 1. The lowest BCUT2D eigenvalue weighted by Gasteiger charge is -2.12. The van der Waals surface area contributed by atoms with E-state index in [0.717, 1.165) is 27.1 Å². The van der Waals surface area contributed by atoms with Crippen LogP contribution in [0.5, 0.6) is 0 Å². The zero-order chi connectivity index (χ0) is 18.0. The van der Waals surface area contributed by atoms with E-state index >= 15 is 0 Å². The van der Waals surface area contributed by atoms with Crippen molar-refractivity contribution >= 4 is 28.6 Å². The molecule has 0 saturated heterocycles. The van der Waals surface area contributed by atoms with E-state index < -0.39 is 0 Å². The first-order valence-electron chi connectivity index (χ1n) is 7.81. The average Bonchev–Trinajstić information content (AvgIpc) is 2.59. The molecule has 0 spiro atoms. The number of carbonyl (C=O) groups excluding carboxylic acids is 1. The third kappa shape index (κ3) is 3.96. The molecule has 128 valence electrons. The van der Waals surface area contributed by atoms with Crippen LogP contribution >= 0.6 is 11.8 Å². The van der Waals surface area contributed by atoms with Gasteiger partial charge < -0.3 is 4.90 Å². The minimum atomic E-state index is -0.299. The molecule has 0 unspecified atom stereocenters. The highest BCUT2D eigenvalue weighted by molar-refractivity contribution is 8.00. The van der Waals surface area contributed by atoms with Crippen molar-refractivity contribution < 1.29 is 9.18 Å². The van der Waals surface area contributed by atoms with Crippen molar-refractivity contribution in [2.24, 2.45) is 0 Å². The molecule has 6 heteroatoms. The van der Waals surface area contributed by atoms with Crippen LogP contribution in [0.1, 0.15) is 5.56 Å². The van der Waals surface area contributed by atoms with Gasteiger partial charge in [0.1, 0.15) is 10.8 Å². The van der Waals surface area contributed by atoms with E-state index in [9.17, 15) is 9.18 Å². The Balaban J connectivity index is 2.06. The summed E-state index contributed by atoms with van der Waals surface area (Å²) in [5.74, 6) is 0.548. The molecule has 0 saturated carbocycles. The van der Waals surface area contributed by atoms with Crippen LogP contribution in [0.15, 0.2) is 47.5 Å². The SMILES string of the molecule is Cc1ccc2c(SCC(=O)N(C)C)nc(-c3ccc(F)cc3)nc2c1. The summed E-state index contributed by atoms with van der Waals surface area (Å²) in [6.45, 7) is 2.00. The van der Waals surface area contributed by atoms with E-state index in [1.54, 1.807) is 31.1 Å². The van der Waals surface area contributed by atoms with Crippen molar-refractivity contribution in [3.63, 3.8) is 0 Å². The zero-order valence-electron chi connectivity index (χ0n) is 14.3. The highest BCUT2D eigenvalue weighted by Crippen LogP contribution is 2.29. The Morgan fingerprint density at radius 3 is 2.52 bits per heavy atom. The van der Waals surface area contributed by atoms with Crippen molar-refractivity contribution in [3.05, 3.63) is 53.8 Å². The summed E-state index contributed by atoms with van der Waals surface area (Å²) < 4.78 is 13.2. The largest absolute Gasteiger partial charge is 0.348 e. The van der Waals surface area contributed by atoms with Gasteiger partial charge >= 0.3 is 0 Å². The summed E-state index contributed by atoms with van der Waals surface area (Å²) in [5, 5.41) is 1.66. The standard InChI is InChI=1S/C19H18FN3OS/c1-12-4-9-15-16(10-12)21-18(13-5-7-14(20)8-6-13)22-19(15)25-11-17(24)23(2)3/h4-10H,11H2,1-3H3. The fraction of sp³-hybridized carbons (Fsp3) is 0.211. The summed E-state index contributed by atoms with van der Waals surface area (Å²) in [7, 11) is 3.46. The maximum absolute atomic E-state index is 13.2. The molecule has 2 aromatic carbocycles. The number of thioether (sulfide) groups is 1. The highest BCUT2D eigenvalue weighted by atomic mass is 32.2. The first-order chi connectivity index (χ1) is 11.9. The second-order valence-electron chi connectivity index (χ2n) is 5.96. The number of halogens is 1. The topological polar surface area (TPSA) is 46.1 Å². The Bertz CT molecular complexity index is 926. The van der Waals surface area contributed by atoms with Crippen LogP contribution in [-0.4, -0.2) is 40.6 Å². The summed E-state index contributed by atoms with van der Waals surface area (Å²) in [6.07, 6.45) is 0. The molecule has 4 nitrogen and oxygen atoms in total. The van der Waals surface area contributed by atoms with Gasteiger partial charge in [-0.1, -0.05) is 17.8 Å². The molecule has 1 aromatic heterocycles. The number of benzene rings is 2. The average molecular weight is 355 g/mol. The van der Waals surface area contributed by atoms with Crippen LogP contribution in [0.3, 0.4) is 0 Å². The zero-order valence-corrected chi connectivity index (χ0v) is 15.1. The fourth-order valence-electron chi connectivity index (χ4n) is 2.31. The van der Waals surface area contributed by atoms with Crippen molar-refractivity contribution in [2.45, 2.75) is 11.9 Å². The third-order valence-corrected chi connectivity index (χ3v) is 4.73. The maximum atomic E-state index is 13.2. The Hall–Kier alpha value is -2.47. The lowest BCUT2D eigenvalue weighted by atomic mass is 10.1. The quantitative estimate of drug-likeness (QED) is 0.526. The molecule has 0 aliphatic rings. The minimum Gasteiger partial charge on any atom is -0.348 e. The first kappa shape index (κ1) is 17.4. The summed E-state index contributed by atoms with van der Waals surface area (Å²) >= 11 is 1.39. The first-order valence-corrected chi connectivity index (χ1v) is 8.80. The summed E-state index contributed by atoms with van der Waals surface area (Å²) in [6, 6.07) is 12.1. The maximum Gasteiger partial charge on any atom is 0.232 e. The fourth-order valence-corrected chi connectivity index (χ4v) is 3.31. The van der Waals surface area contributed by atoms with E-state index in [4.69, 9.17) is 0 Å². The van der Waals surface area contributed by atoms with Crippen LogP contribution in [0.25, 0.3) is 22.3 Å². The molecule has 0 N–H and O–H groups in total. The van der Waals surface area contributed by atoms with Gasteiger partial charge in [0.25, 0.3) is 0 Å². The lowest BCUT2D eigenvalue weighted by molar-refractivity contribution is -0.125. The van der Waals surface area contributed by atoms with Crippen LogP contribution in [0.2, 0.25) is 0 Å². The van der Waals surface area contributed by atoms with Crippen molar-refractivity contribution in [3.8, 4) is 11.4 Å². The smallest absolute Gasteiger partial charge is 0.232 e. The predicted octanol–water partition coefficient (Wildman–Crippen LogP) is 3.92. The number of fused-ring (bicyclic) bond motifs is 1. The number of nitrogens with zero attached hydrogens (tertiary/aromatic N) is 3. The Morgan fingerprint density at radius 1 is 1.12 bits per heavy atom. The number of rotatable bonds is 4. The van der Waals surface area contributed by atoms with Gasteiger partial charge in [-0.3, -0.25) is 4.79 Å². The molecular weight excluding hydrogens is 337 g/mol. The molecule has 0 bridgehead atoms. The Morgan fingerprint density at radius 2 is 1.84 bits per heavy atom. The van der Waals surface area contributed by atoms with Crippen LogP contribution in [0.4, 0.5) is 4.39 Å². The van der Waals surface area contributed by atoms with Gasteiger partial charge in [-0.05, 0) is 48.9 Å². The summed E-state index contributed by atoms with van der Waals surface area (Å²) in [4.78, 5) is 22.7. The van der Waals surface area contributed by atoms with Crippen molar-refractivity contribution in [2.75, 3.05) is 19.8 Å². The number of amides is 1. The van der Waals surface area contributed by atoms with Gasteiger partial charge in [-0.2, -0.15) is 0 Å². The van der Waals surface area contributed by atoms with Crippen LogP contribution in [0, 0.1) is 12.7 Å². The second kappa shape index (κ2) is 7.19. The van der Waals surface area contributed by atoms with Gasteiger partial charge in [0, 0.05) is 25.0 Å². The van der Waals surface area contributed by atoms with E-state index in [0.29, 0.717) is 11.6 Å². The summed E-state index contributed by atoms with van der Waals surface area (Å²) in [5.41, 5.74) is 2.65. The van der Waals surface area contributed by atoms with Gasteiger partial charge in [0.05, 0.1) is 11.3 Å². The molecule has 1 amide bonds. The van der Waals surface area contributed by atoms with E-state index in [1.165, 1.54) is 23.9 Å². The Labute approximate surface area is 150 Å². The molecule has 1 heterocycles. The van der Waals surface area contributed by atoms with Crippen LogP contribution in [-0.2, 0) is 4.79 Å². The number of aromatic nitrogens is 2. The van der Waals surface area contributed by atoms with E-state index in [2.05, 4.69) is 9.97 Å². The second-order valence-corrected chi connectivity index (χ2v) is 6.92.